The molecule has 0 spiro atoms. The van der Waals surface area contributed by atoms with Gasteiger partial charge in [0, 0.05) is 25.5 Å². The Labute approximate surface area is 90.3 Å². The molecule has 0 bridgehead atoms. The van der Waals surface area contributed by atoms with Gasteiger partial charge in [0.05, 0.1) is 0 Å². The van der Waals surface area contributed by atoms with Crippen LogP contribution in [-0.2, 0) is 9.53 Å². The standard InChI is InChI=1S/C13H14O2/c1-15-11-13(14)10-6-5-9-12-7-3-2-4-8-12/h2-4,7-8H,6,10-11H2,1H3. The predicted octanol–water partition coefficient (Wildman–Crippen LogP) is 2.03. The molecule has 0 aromatic heterocycles. The molecule has 0 unspecified atom stereocenters. The van der Waals surface area contributed by atoms with Crippen LogP contribution in [0, 0.1) is 11.8 Å². The Morgan fingerprint density at radius 3 is 2.73 bits per heavy atom. The number of carbonyl (C=O) groups excluding carboxylic acids is 1. The molecular weight excluding hydrogens is 188 g/mol. The molecule has 1 aromatic carbocycles. The van der Waals surface area contributed by atoms with Gasteiger partial charge < -0.3 is 4.74 Å². The molecule has 0 heterocycles. The van der Waals surface area contributed by atoms with Gasteiger partial charge in [0.15, 0.2) is 5.78 Å². The number of methoxy groups -OCH3 is 1. The van der Waals surface area contributed by atoms with Crippen LogP contribution in [0.2, 0.25) is 0 Å². The minimum Gasteiger partial charge on any atom is -0.377 e. The third-order valence-corrected chi connectivity index (χ3v) is 1.84. The zero-order chi connectivity index (χ0) is 10.9. The maximum atomic E-state index is 11.1. The normalized spacial score (nSPS) is 9.13. The van der Waals surface area contributed by atoms with E-state index in [0.29, 0.717) is 12.8 Å². The molecule has 0 aliphatic carbocycles. The van der Waals surface area contributed by atoms with E-state index < -0.39 is 0 Å². The topological polar surface area (TPSA) is 26.3 Å². The summed E-state index contributed by atoms with van der Waals surface area (Å²) < 4.78 is 4.72. The van der Waals surface area contributed by atoms with Gasteiger partial charge in [0.25, 0.3) is 0 Å². The van der Waals surface area contributed by atoms with Crippen molar-refractivity contribution in [1.29, 1.82) is 0 Å². The minimum absolute atomic E-state index is 0.0971. The lowest BCUT2D eigenvalue weighted by molar-refractivity contribution is -0.122. The highest BCUT2D eigenvalue weighted by Gasteiger charge is 1.97. The van der Waals surface area contributed by atoms with E-state index in [1.165, 1.54) is 7.11 Å². The number of benzene rings is 1. The van der Waals surface area contributed by atoms with Crippen molar-refractivity contribution >= 4 is 5.78 Å². The first-order chi connectivity index (χ1) is 7.33. The highest BCUT2D eigenvalue weighted by atomic mass is 16.5. The Bertz CT molecular complexity index is 357. The maximum Gasteiger partial charge on any atom is 0.159 e. The van der Waals surface area contributed by atoms with E-state index in [1.807, 2.05) is 30.3 Å². The van der Waals surface area contributed by atoms with Crippen molar-refractivity contribution in [2.75, 3.05) is 13.7 Å². The van der Waals surface area contributed by atoms with E-state index in [2.05, 4.69) is 11.8 Å². The summed E-state index contributed by atoms with van der Waals surface area (Å²) in [6, 6.07) is 9.74. The second-order valence-corrected chi connectivity index (χ2v) is 3.14. The number of hydrogen-bond acceptors (Lipinski definition) is 2. The van der Waals surface area contributed by atoms with Crippen molar-refractivity contribution in [2.45, 2.75) is 12.8 Å². The third-order valence-electron chi connectivity index (χ3n) is 1.84. The Morgan fingerprint density at radius 2 is 2.07 bits per heavy atom. The molecule has 0 N–H and O–H groups in total. The van der Waals surface area contributed by atoms with Crippen molar-refractivity contribution in [3.8, 4) is 11.8 Å². The van der Waals surface area contributed by atoms with Crippen molar-refractivity contribution in [2.24, 2.45) is 0 Å². The summed E-state index contributed by atoms with van der Waals surface area (Å²) >= 11 is 0. The van der Waals surface area contributed by atoms with Gasteiger partial charge in [-0.15, -0.1) is 0 Å². The zero-order valence-electron chi connectivity index (χ0n) is 8.82. The largest absolute Gasteiger partial charge is 0.377 e. The van der Waals surface area contributed by atoms with Crippen molar-refractivity contribution in [1.82, 2.24) is 0 Å². The summed E-state index contributed by atoms with van der Waals surface area (Å²) in [5.41, 5.74) is 0.983. The summed E-state index contributed by atoms with van der Waals surface area (Å²) in [4.78, 5) is 11.1. The highest BCUT2D eigenvalue weighted by Crippen LogP contribution is 1.96. The molecule has 0 saturated heterocycles. The Morgan fingerprint density at radius 1 is 1.33 bits per heavy atom. The Kier molecular flexibility index (Phi) is 5.21. The number of ether oxygens (including phenoxy) is 1. The number of Topliss-reactive ketones (excluding diaryl/α,β-unsaturated/α-hetero) is 1. The number of hydrogen-bond donors (Lipinski definition) is 0. The monoisotopic (exact) mass is 202 g/mol. The maximum absolute atomic E-state index is 11.1. The van der Waals surface area contributed by atoms with Gasteiger partial charge in [0.2, 0.25) is 0 Å². The van der Waals surface area contributed by atoms with E-state index in [9.17, 15) is 4.79 Å². The molecule has 0 fully saturated rings. The number of rotatable bonds is 4. The lowest BCUT2D eigenvalue weighted by atomic mass is 10.2. The van der Waals surface area contributed by atoms with Crippen LogP contribution in [0.15, 0.2) is 30.3 Å². The fourth-order valence-corrected chi connectivity index (χ4v) is 1.12. The van der Waals surface area contributed by atoms with Gasteiger partial charge in [-0.25, -0.2) is 0 Å². The van der Waals surface area contributed by atoms with Crippen LogP contribution < -0.4 is 0 Å². The van der Waals surface area contributed by atoms with Crippen molar-refractivity contribution in [3.63, 3.8) is 0 Å². The quantitative estimate of drug-likeness (QED) is 0.698. The molecular formula is C13H14O2. The van der Waals surface area contributed by atoms with Crippen LogP contribution in [0.3, 0.4) is 0 Å². The SMILES string of the molecule is COCC(=O)CCC#Cc1ccccc1. The molecule has 0 radical (unpaired) electrons. The third kappa shape index (κ3) is 4.99. The van der Waals surface area contributed by atoms with Crippen molar-refractivity contribution < 1.29 is 9.53 Å². The minimum atomic E-state index is 0.0971. The molecule has 0 amide bonds. The van der Waals surface area contributed by atoms with E-state index in [0.717, 1.165) is 5.56 Å². The molecule has 1 aromatic rings. The number of ketones is 1. The summed E-state index contributed by atoms with van der Waals surface area (Å²) in [6.07, 6.45) is 1.06. The molecule has 0 saturated carbocycles. The lowest BCUT2D eigenvalue weighted by Gasteiger charge is -1.93. The molecule has 1 rings (SSSR count). The first-order valence-electron chi connectivity index (χ1n) is 4.87. The molecule has 2 nitrogen and oxygen atoms in total. The molecule has 0 atom stereocenters. The summed E-state index contributed by atoms with van der Waals surface area (Å²) in [7, 11) is 1.52. The van der Waals surface area contributed by atoms with E-state index in [1.54, 1.807) is 0 Å². The van der Waals surface area contributed by atoms with E-state index in [4.69, 9.17) is 4.74 Å². The Hall–Kier alpha value is -1.59. The van der Waals surface area contributed by atoms with Gasteiger partial charge in [-0.2, -0.15) is 0 Å². The molecule has 78 valence electrons. The summed E-state index contributed by atoms with van der Waals surface area (Å²) in [5, 5.41) is 0. The van der Waals surface area contributed by atoms with E-state index >= 15 is 0 Å². The van der Waals surface area contributed by atoms with Crippen molar-refractivity contribution in [3.05, 3.63) is 35.9 Å². The van der Waals surface area contributed by atoms with Gasteiger partial charge >= 0.3 is 0 Å². The summed E-state index contributed by atoms with van der Waals surface area (Å²) in [5.74, 6) is 6.06. The first-order valence-corrected chi connectivity index (χ1v) is 4.87. The fourth-order valence-electron chi connectivity index (χ4n) is 1.12. The number of carbonyl (C=O) groups is 1. The second-order valence-electron chi connectivity index (χ2n) is 3.14. The van der Waals surface area contributed by atoms with E-state index in [-0.39, 0.29) is 12.4 Å². The van der Waals surface area contributed by atoms with Crippen LogP contribution in [0.25, 0.3) is 0 Å². The van der Waals surface area contributed by atoms with Gasteiger partial charge in [-0.05, 0) is 12.1 Å². The van der Waals surface area contributed by atoms with Crippen LogP contribution in [0.4, 0.5) is 0 Å². The molecule has 0 aliphatic rings. The smallest absolute Gasteiger partial charge is 0.159 e. The first kappa shape index (κ1) is 11.5. The Balaban J connectivity index is 2.32. The van der Waals surface area contributed by atoms with Crippen LogP contribution in [0.1, 0.15) is 18.4 Å². The lowest BCUT2D eigenvalue weighted by Crippen LogP contribution is -2.05. The molecule has 2 heteroatoms. The molecule has 15 heavy (non-hydrogen) atoms. The van der Waals surface area contributed by atoms with Crippen LogP contribution >= 0.6 is 0 Å². The predicted molar refractivity (Wildman–Crippen MR) is 59.4 cm³/mol. The highest BCUT2D eigenvalue weighted by molar-refractivity contribution is 5.79. The summed E-state index contributed by atoms with van der Waals surface area (Å²) in [6.45, 7) is 0.188. The average molecular weight is 202 g/mol. The van der Waals surface area contributed by atoms with Gasteiger partial charge in [-0.3, -0.25) is 4.79 Å². The molecule has 0 aliphatic heterocycles. The zero-order valence-corrected chi connectivity index (χ0v) is 8.82. The van der Waals surface area contributed by atoms with Crippen LogP contribution in [-0.4, -0.2) is 19.5 Å². The van der Waals surface area contributed by atoms with Gasteiger partial charge in [-0.1, -0.05) is 30.0 Å². The van der Waals surface area contributed by atoms with Crippen LogP contribution in [0.5, 0.6) is 0 Å². The average Bonchev–Trinajstić information content (AvgIpc) is 2.26. The fraction of sp³-hybridized carbons (Fsp3) is 0.308. The van der Waals surface area contributed by atoms with Gasteiger partial charge in [0.1, 0.15) is 6.61 Å². The second kappa shape index (κ2) is 6.80.